The van der Waals surface area contributed by atoms with Crippen molar-refractivity contribution < 1.29 is 15.0 Å². The Morgan fingerprint density at radius 2 is 2.25 bits per heavy atom. The molecule has 3 N–H and O–H groups in total. The van der Waals surface area contributed by atoms with Gasteiger partial charge in [0.25, 0.3) is 0 Å². The summed E-state index contributed by atoms with van der Waals surface area (Å²) in [5.41, 5.74) is 0. The van der Waals surface area contributed by atoms with Gasteiger partial charge in [-0.2, -0.15) is 0 Å². The monoisotopic (exact) mass is 137 g/mol. The van der Waals surface area contributed by atoms with Crippen molar-refractivity contribution in [1.82, 2.24) is 5.32 Å². The van der Waals surface area contributed by atoms with E-state index in [0.29, 0.717) is 0 Å². The van der Waals surface area contributed by atoms with Crippen LogP contribution in [0.5, 0.6) is 0 Å². The maximum Gasteiger partial charge on any atom is 0.407 e. The molecule has 0 aliphatic heterocycles. The molecule has 0 bridgehead atoms. The van der Waals surface area contributed by atoms with Gasteiger partial charge in [0.2, 0.25) is 0 Å². The van der Waals surface area contributed by atoms with Crippen LogP contribution in [0.2, 0.25) is 0 Å². The van der Waals surface area contributed by atoms with E-state index in [1.807, 2.05) is 0 Å². The number of carbonyl (C=O) groups is 1. The zero-order valence-corrected chi connectivity index (χ0v) is 5.14. The van der Waals surface area contributed by atoms with Crippen LogP contribution < -0.4 is 5.32 Å². The van der Waals surface area contributed by atoms with Crippen molar-refractivity contribution in [3.8, 4) is 0 Å². The lowest BCUT2D eigenvalue weighted by molar-refractivity contribution is 0.110. The minimum Gasteiger partial charge on any atom is -0.465 e. The third-order valence-corrected chi connectivity index (χ3v) is 0.456. The number of carboxylic acid groups (broad SMARTS) is 1. The summed E-state index contributed by atoms with van der Waals surface area (Å²) in [4.78, 5) is 9.69. The standard InChI is InChI=1S/C3H7NO3S/c1-3(7,8)4-2(5)6/h4,7-8H,1H3,(H,5,6). The van der Waals surface area contributed by atoms with Gasteiger partial charge in [0.05, 0.1) is 0 Å². The molecule has 0 fully saturated rings. The molecule has 0 aromatic rings. The molecule has 1 amide bonds. The Bertz CT molecular complexity index is 97.2. The lowest BCUT2D eigenvalue weighted by Gasteiger charge is -2.14. The summed E-state index contributed by atoms with van der Waals surface area (Å²) in [6, 6.07) is 0. The maximum atomic E-state index is 9.69. The van der Waals surface area contributed by atoms with Crippen LogP contribution in [-0.2, 0) is 0 Å². The topological polar surface area (TPSA) is 69.6 Å². The van der Waals surface area contributed by atoms with Gasteiger partial charge in [-0.1, -0.05) is 0 Å². The minimum atomic E-state index is -1.63. The van der Waals surface area contributed by atoms with Crippen molar-refractivity contribution in [2.24, 2.45) is 0 Å². The molecule has 0 rings (SSSR count). The number of nitrogens with one attached hydrogen (secondary N) is 1. The molecule has 0 heterocycles. The Kier molecular flexibility index (Phi) is 2.12. The minimum absolute atomic E-state index is 1.21. The van der Waals surface area contributed by atoms with Crippen LogP contribution in [-0.4, -0.2) is 21.4 Å². The van der Waals surface area contributed by atoms with Gasteiger partial charge >= 0.3 is 6.09 Å². The van der Waals surface area contributed by atoms with Gasteiger partial charge < -0.3 is 10.2 Å². The summed E-state index contributed by atoms with van der Waals surface area (Å²) in [6.45, 7) is 1.21. The van der Waals surface area contributed by atoms with E-state index >= 15 is 0 Å². The van der Waals surface area contributed by atoms with Gasteiger partial charge in [0.1, 0.15) is 0 Å². The lowest BCUT2D eigenvalue weighted by Crippen LogP contribution is -2.39. The molecule has 0 aliphatic rings. The molecule has 5 heteroatoms. The maximum absolute atomic E-state index is 9.69. The molecular formula is C3H7NO3S. The van der Waals surface area contributed by atoms with E-state index in [9.17, 15) is 4.79 Å². The number of hydrogen-bond donors (Lipinski definition) is 4. The fourth-order valence-corrected chi connectivity index (χ4v) is 0.298. The molecule has 0 aromatic carbocycles. The smallest absolute Gasteiger partial charge is 0.407 e. The molecule has 0 spiro atoms. The van der Waals surface area contributed by atoms with Crippen molar-refractivity contribution in [2.45, 2.75) is 12.0 Å². The Balaban J connectivity index is 3.55. The van der Waals surface area contributed by atoms with Crippen LogP contribution in [0.3, 0.4) is 0 Å². The van der Waals surface area contributed by atoms with Crippen molar-refractivity contribution in [3.63, 3.8) is 0 Å². The zero-order valence-electron chi connectivity index (χ0n) is 4.25. The van der Waals surface area contributed by atoms with Crippen molar-refractivity contribution in [3.05, 3.63) is 0 Å². The molecule has 1 unspecified atom stereocenters. The van der Waals surface area contributed by atoms with E-state index in [-0.39, 0.29) is 0 Å². The van der Waals surface area contributed by atoms with Gasteiger partial charge in [-0.25, -0.2) is 4.79 Å². The van der Waals surface area contributed by atoms with Gasteiger partial charge in [-0.3, -0.25) is 5.32 Å². The quantitative estimate of drug-likeness (QED) is 0.300. The highest BCUT2D eigenvalue weighted by Gasteiger charge is 2.14. The zero-order chi connectivity index (χ0) is 6.78. The average molecular weight is 137 g/mol. The Hall–Kier alpha value is -0.420. The molecule has 8 heavy (non-hydrogen) atoms. The van der Waals surface area contributed by atoms with Gasteiger partial charge in [-0.15, -0.1) is 12.6 Å². The van der Waals surface area contributed by atoms with Gasteiger partial charge in [0.15, 0.2) is 5.06 Å². The van der Waals surface area contributed by atoms with E-state index < -0.39 is 11.2 Å². The third-order valence-electron chi connectivity index (χ3n) is 0.344. The Morgan fingerprint density at radius 1 is 1.88 bits per heavy atom. The molecule has 0 saturated carbocycles. The first-order valence-corrected chi connectivity index (χ1v) is 2.32. The first-order valence-electron chi connectivity index (χ1n) is 1.87. The van der Waals surface area contributed by atoms with Crippen molar-refractivity contribution >= 4 is 18.7 Å². The van der Waals surface area contributed by atoms with E-state index in [4.69, 9.17) is 10.2 Å². The summed E-state index contributed by atoms with van der Waals surface area (Å²) in [7, 11) is 0. The summed E-state index contributed by atoms with van der Waals surface area (Å²) in [5, 5.41) is 16.6. The fraction of sp³-hybridized carbons (Fsp3) is 0.667. The van der Waals surface area contributed by atoms with Crippen molar-refractivity contribution in [1.29, 1.82) is 0 Å². The first-order chi connectivity index (χ1) is 3.42. The molecule has 0 radical (unpaired) electrons. The molecule has 48 valence electrons. The second-order valence-corrected chi connectivity index (χ2v) is 2.32. The van der Waals surface area contributed by atoms with Crippen LogP contribution in [0.1, 0.15) is 6.92 Å². The normalized spacial score (nSPS) is 16.9. The predicted molar refractivity (Wildman–Crippen MR) is 30.8 cm³/mol. The van der Waals surface area contributed by atoms with E-state index in [1.165, 1.54) is 6.92 Å². The second kappa shape index (κ2) is 2.23. The third kappa shape index (κ3) is 5.58. The Labute approximate surface area is 51.9 Å². The second-order valence-electron chi connectivity index (χ2n) is 1.45. The van der Waals surface area contributed by atoms with Crippen molar-refractivity contribution in [2.75, 3.05) is 0 Å². The lowest BCUT2D eigenvalue weighted by atomic mass is 10.6. The van der Waals surface area contributed by atoms with E-state index in [0.717, 1.165) is 0 Å². The van der Waals surface area contributed by atoms with Crippen LogP contribution >= 0.6 is 12.6 Å². The summed E-state index contributed by atoms with van der Waals surface area (Å²) in [5.74, 6) is 0. The van der Waals surface area contributed by atoms with E-state index in [1.54, 1.807) is 5.32 Å². The van der Waals surface area contributed by atoms with Crippen LogP contribution in [0.15, 0.2) is 0 Å². The molecule has 1 atom stereocenters. The number of rotatable bonds is 1. The number of thiol groups is 1. The van der Waals surface area contributed by atoms with Crippen LogP contribution in [0, 0.1) is 0 Å². The summed E-state index contributed by atoms with van der Waals surface area (Å²) in [6.07, 6.45) is -1.30. The largest absolute Gasteiger partial charge is 0.465 e. The molecule has 4 nitrogen and oxygen atoms in total. The summed E-state index contributed by atoms with van der Waals surface area (Å²) >= 11 is 3.46. The van der Waals surface area contributed by atoms with E-state index in [2.05, 4.69) is 12.6 Å². The Morgan fingerprint density at radius 3 is 2.25 bits per heavy atom. The van der Waals surface area contributed by atoms with Crippen LogP contribution in [0.4, 0.5) is 4.79 Å². The van der Waals surface area contributed by atoms with Crippen LogP contribution in [0.25, 0.3) is 0 Å². The highest BCUT2D eigenvalue weighted by atomic mass is 32.1. The SMILES string of the molecule is CC(O)(S)NC(=O)O. The molecule has 0 aromatic heterocycles. The summed E-state index contributed by atoms with van der Waals surface area (Å²) < 4.78 is 0. The highest BCUT2D eigenvalue weighted by molar-refractivity contribution is 7.81. The molecular weight excluding hydrogens is 130 g/mol. The number of aliphatic hydroxyl groups is 1. The fourth-order valence-electron chi connectivity index (χ4n) is 0.203. The molecule has 0 aliphatic carbocycles. The van der Waals surface area contributed by atoms with Gasteiger partial charge in [-0.05, 0) is 6.92 Å². The average Bonchev–Trinajstić information content (AvgIpc) is 1.21. The van der Waals surface area contributed by atoms with Gasteiger partial charge in [0, 0.05) is 0 Å². The number of amides is 1. The molecule has 0 saturated heterocycles. The highest BCUT2D eigenvalue weighted by Crippen LogP contribution is 2.00. The predicted octanol–water partition coefficient (Wildman–Crippen LogP) is -0.150. The number of hydrogen-bond acceptors (Lipinski definition) is 3. The first kappa shape index (κ1) is 7.58.